The molecule has 2 nitrogen and oxygen atoms in total. The summed E-state index contributed by atoms with van der Waals surface area (Å²) in [7, 11) is -0.0926. The highest BCUT2D eigenvalue weighted by Gasteiger charge is 2.21. The molecule has 0 spiro atoms. The van der Waals surface area contributed by atoms with Crippen LogP contribution in [0.25, 0.3) is 0 Å². The van der Waals surface area contributed by atoms with Crippen LogP contribution < -0.4 is 5.64 Å². The number of nitrogens with two attached hydrogens (primary N) is 1. The average Bonchev–Trinajstić information content (AvgIpc) is 1.87. The monoisotopic (exact) mass is 143 g/mol. The van der Waals surface area contributed by atoms with Crippen LogP contribution in [0.3, 0.4) is 0 Å². The van der Waals surface area contributed by atoms with Gasteiger partial charge in [0.1, 0.15) is 0 Å². The molecule has 0 saturated carbocycles. The maximum absolute atomic E-state index is 5.71. The molecule has 0 aliphatic heterocycles. The maximum atomic E-state index is 5.71. The minimum Gasteiger partial charge on any atom is -0.422 e. The fourth-order valence-corrected chi connectivity index (χ4v) is 0.724. The van der Waals surface area contributed by atoms with Crippen molar-refractivity contribution in [3.63, 3.8) is 0 Å². The van der Waals surface area contributed by atoms with Gasteiger partial charge in [-0.25, -0.2) is 0 Å². The van der Waals surface area contributed by atoms with Crippen molar-refractivity contribution in [2.75, 3.05) is 6.61 Å². The molecule has 0 aliphatic rings. The molecule has 0 unspecified atom stereocenters. The molecule has 0 aromatic heterocycles. The topological polar surface area (TPSA) is 35.2 Å². The molecule has 10 heavy (non-hydrogen) atoms. The van der Waals surface area contributed by atoms with E-state index in [-0.39, 0.29) is 7.05 Å². The first-order valence-corrected chi connectivity index (χ1v) is 3.96. The van der Waals surface area contributed by atoms with Crippen LogP contribution in [0.4, 0.5) is 0 Å². The molecule has 0 saturated heterocycles. The smallest absolute Gasteiger partial charge is 0.380 e. The van der Waals surface area contributed by atoms with Gasteiger partial charge in [0.15, 0.2) is 0 Å². The fraction of sp³-hybridized carbons (Fsp3) is 1.00. The standard InChI is InChI=1S/C7H18BNO/c1-5-10-8(9)7(4)6(2)3/h6-7H,5,9H2,1-4H3/t7-/m1/s1. The lowest BCUT2D eigenvalue weighted by Gasteiger charge is -2.18. The van der Waals surface area contributed by atoms with E-state index in [0.717, 1.165) is 0 Å². The molecule has 0 heterocycles. The van der Waals surface area contributed by atoms with Crippen LogP contribution in [0.1, 0.15) is 27.7 Å². The first-order valence-electron chi connectivity index (χ1n) is 3.96. The van der Waals surface area contributed by atoms with Gasteiger partial charge in [0.05, 0.1) is 0 Å². The quantitative estimate of drug-likeness (QED) is 0.605. The molecule has 3 heteroatoms. The first-order chi connectivity index (χ1) is 4.59. The van der Waals surface area contributed by atoms with Crippen molar-refractivity contribution < 1.29 is 4.65 Å². The molecule has 0 aliphatic carbocycles. The third kappa shape index (κ3) is 3.23. The van der Waals surface area contributed by atoms with Crippen LogP contribution in [0, 0.1) is 5.92 Å². The summed E-state index contributed by atoms with van der Waals surface area (Å²) in [6.45, 7) is 9.10. The normalized spacial score (nSPS) is 13.8. The van der Waals surface area contributed by atoms with Gasteiger partial charge in [-0.3, -0.25) is 0 Å². The molecule has 0 rings (SSSR count). The predicted octanol–water partition coefficient (Wildman–Crippen LogP) is 1.52. The van der Waals surface area contributed by atoms with E-state index in [0.29, 0.717) is 18.3 Å². The van der Waals surface area contributed by atoms with Gasteiger partial charge >= 0.3 is 7.05 Å². The molecule has 0 amide bonds. The zero-order valence-electron chi connectivity index (χ0n) is 7.42. The first kappa shape index (κ1) is 9.98. The molecular formula is C7H18BNO. The van der Waals surface area contributed by atoms with Crippen molar-refractivity contribution in [3.8, 4) is 0 Å². The molecule has 0 radical (unpaired) electrons. The van der Waals surface area contributed by atoms with E-state index < -0.39 is 0 Å². The van der Waals surface area contributed by atoms with E-state index in [9.17, 15) is 0 Å². The number of rotatable bonds is 4. The van der Waals surface area contributed by atoms with Crippen LogP contribution in [0.2, 0.25) is 5.82 Å². The molecule has 2 N–H and O–H groups in total. The Hall–Kier alpha value is -0.0151. The summed E-state index contributed by atoms with van der Waals surface area (Å²) in [5, 5.41) is 0. The Morgan fingerprint density at radius 2 is 1.90 bits per heavy atom. The molecule has 0 aromatic carbocycles. The third-order valence-electron chi connectivity index (χ3n) is 1.93. The lowest BCUT2D eigenvalue weighted by molar-refractivity contribution is 0.326. The summed E-state index contributed by atoms with van der Waals surface area (Å²) in [4.78, 5) is 0. The van der Waals surface area contributed by atoms with Gasteiger partial charge in [-0.2, -0.15) is 0 Å². The Bertz CT molecular complexity index is 87.7. The van der Waals surface area contributed by atoms with E-state index in [2.05, 4.69) is 20.8 Å². The van der Waals surface area contributed by atoms with Crippen LogP contribution in [0.15, 0.2) is 0 Å². The van der Waals surface area contributed by atoms with Gasteiger partial charge in [-0.15, -0.1) is 0 Å². The molecule has 0 bridgehead atoms. The van der Waals surface area contributed by atoms with Crippen molar-refractivity contribution in [2.45, 2.75) is 33.5 Å². The van der Waals surface area contributed by atoms with Gasteiger partial charge in [-0.05, 0) is 18.7 Å². The second-order valence-corrected chi connectivity index (χ2v) is 3.02. The van der Waals surface area contributed by atoms with Crippen LogP contribution in [0.5, 0.6) is 0 Å². The lowest BCUT2D eigenvalue weighted by Crippen LogP contribution is -2.36. The zero-order valence-corrected chi connectivity index (χ0v) is 7.42. The highest BCUT2D eigenvalue weighted by atomic mass is 16.4. The Morgan fingerprint density at radius 1 is 1.40 bits per heavy atom. The van der Waals surface area contributed by atoms with E-state index in [1.54, 1.807) is 0 Å². The minimum absolute atomic E-state index is 0.0926. The Kier molecular flexibility index (Phi) is 4.74. The van der Waals surface area contributed by atoms with Crippen LogP contribution in [-0.4, -0.2) is 13.7 Å². The molecule has 0 fully saturated rings. The van der Waals surface area contributed by atoms with Crippen molar-refractivity contribution in [2.24, 2.45) is 11.6 Å². The summed E-state index contributed by atoms with van der Waals surface area (Å²) in [5.74, 6) is 1.04. The van der Waals surface area contributed by atoms with Crippen molar-refractivity contribution in [1.82, 2.24) is 0 Å². The highest BCUT2D eigenvalue weighted by Crippen LogP contribution is 2.17. The second-order valence-electron chi connectivity index (χ2n) is 3.02. The van der Waals surface area contributed by atoms with Gasteiger partial charge in [-0.1, -0.05) is 20.8 Å². The summed E-state index contributed by atoms with van der Waals surface area (Å²) in [6.07, 6.45) is 0. The van der Waals surface area contributed by atoms with Crippen LogP contribution in [-0.2, 0) is 4.65 Å². The fourth-order valence-electron chi connectivity index (χ4n) is 0.724. The van der Waals surface area contributed by atoms with E-state index in [1.807, 2.05) is 6.92 Å². The summed E-state index contributed by atoms with van der Waals surface area (Å²) < 4.78 is 5.24. The van der Waals surface area contributed by atoms with E-state index in [4.69, 9.17) is 10.3 Å². The Labute approximate surface area is 64.3 Å². The Balaban J connectivity index is 3.58. The summed E-state index contributed by atoms with van der Waals surface area (Å²) in [6, 6.07) is 0. The number of hydrogen-bond acceptors (Lipinski definition) is 2. The van der Waals surface area contributed by atoms with Crippen molar-refractivity contribution in [1.29, 1.82) is 0 Å². The molecule has 1 atom stereocenters. The van der Waals surface area contributed by atoms with Gasteiger partial charge in [0.2, 0.25) is 0 Å². The summed E-state index contributed by atoms with van der Waals surface area (Å²) in [5.41, 5.74) is 5.71. The second kappa shape index (κ2) is 4.75. The minimum atomic E-state index is -0.0926. The van der Waals surface area contributed by atoms with Crippen molar-refractivity contribution in [3.05, 3.63) is 0 Å². The number of hydrogen-bond donors (Lipinski definition) is 1. The largest absolute Gasteiger partial charge is 0.422 e. The van der Waals surface area contributed by atoms with E-state index in [1.165, 1.54) is 0 Å². The van der Waals surface area contributed by atoms with E-state index >= 15 is 0 Å². The molecule has 0 aromatic rings. The third-order valence-corrected chi connectivity index (χ3v) is 1.93. The van der Waals surface area contributed by atoms with Gasteiger partial charge in [0.25, 0.3) is 0 Å². The Morgan fingerprint density at radius 3 is 2.20 bits per heavy atom. The van der Waals surface area contributed by atoms with Gasteiger partial charge < -0.3 is 10.3 Å². The highest BCUT2D eigenvalue weighted by molar-refractivity contribution is 6.49. The van der Waals surface area contributed by atoms with Gasteiger partial charge in [0, 0.05) is 6.61 Å². The molecular weight excluding hydrogens is 125 g/mol. The van der Waals surface area contributed by atoms with Crippen molar-refractivity contribution >= 4 is 7.05 Å². The summed E-state index contributed by atoms with van der Waals surface area (Å²) >= 11 is 0. The zero-order chi connectivity index (χ0) is 8.15. The molecule has 60 valence electrons. The average molecular weight is 143 g/mol. The lowest BCUT2D eigenvalue weighted by atomic mass is 9.64. The SMILES string of the molecule is CCOB(N)[C@H](C)C(C)C. The predicted molar refractivity (Wildman–Crippen MR) is 45.8 cm³/mol. The maximum Gasteiger partial charge on any atom is 0.380 e. The van der Waals surface area contributed by atoms with Crippen LogP contribution >= 0.6 is 0 Å².